The third kappa shape index (κ3) is 3.02. The molecule has 2 aromatic carbocycles. The SMILES string of the molecule is Nc1ccc(Oc2cc3cnn(C4CCCCO4)c3cc2F)c(F)c1. The topological polar surface area (TPSA) is 62.3 Å². The van der Waals surface area contributed by atoms with Crippen LogP contribution in [0.4, 0.5) is 14.5 Å². The molecule has 0 bridgehead atoms. The minimum absolute atomic E-state index is 0.0692. The number of ether oxygens (including phenoxy) is 2. The zero-order valence-corrected chi connectivity index (χ0v) is 13.4. The maximum atomic E-state index is 14.5. The van der Waals surface area contributed by atoms with Gasteiger partial charge in [0, 0.05) is 29.8 Å². The van der Waals surface area contributed by atoms with E-state index in [0.29, 0.717) is 17.5 Å². The van der Waals surface area contributed by atoms with Crippen LogP contribution in [0.1, 0.15) is 25.5 Å². The van der Waals surface area contributed by atoms with E-state index in [0.717, 1.165) is 25.3 Å². The third-order valence-corrected chi connectivity index (χ3v) is 4.25. The summed E-state index contributed by atoms with van der Waals surface area (Å²) in [6.07, 6.45) is 4.35. The molecule has 130 valence electrons. The molecule has 0 aliphatic carbocycles. The predicted octanol–water partition coefficient (Wildman–Crippen LogP) is 4.39. The van der Waals surface area contributed by atoms with Gasteiger partial charge in [0.15, 0.2) is 29.4 Å². The summed E-state index contributed by atoms with van der Waals surface area (Å²) < 4.78 is 41.1. The molecule has 0 saturated carbocycles. The van der Waals surface area contributed by atoms with Crippen molar-refractivity contribution < 1.29 is 18.3 Å². The Morgan fingerprint density at radius 2 is 1.96 bits per heavy atom. The number of nitrogens with zero attached hydrogens (tertiary/aromatic N) is 2. The highest BCUT2D eigenvalue weighted by atomic mass is 19.1. The minimum atomic E-state index is -0.647. The molecule has 5 nitrogen and oxygen atoms in total. The molecule has 1 unspecified atom stereocenters. The Morgan fingerprint density at radius 1 is 1.12 bits per heavy atom. The van der Waals surface area contributed by atoms with Crippen LogP contribution in [0.25, 0.3) is 10.9 Å². The van der Waals surface area contributed by atoms with E-state index >= 15 is 0 Å². The van der Waals surface area contributed by atoms with Crippen molar-refractivity contribution in [1.29, 1.82) is 0 Å². The molecule has 1 fully saturated rings. The van der Waals surface area contributed by atoms with Crippen LogP contribution in [0.3, 0.4) is 0 Å². The highest BCUT2D eigenvalue weighted by molar-refractivity contribution is 5.80. The fourth-order valence-corrected chi connectivity index (χ4v) is 2.99. The molecule has 2 heterocycles. The van der Waals surface area contributed by atoms with Crippen LogP contribution in [0.2, 0.25) is 0 Å². The Kier molecular flexibility index (Phi) is 4.01. The molecule has 1 atom stereocenters. The number of fused-ring (bicyclic) bond motifs is 1. The standard InChI is InChI=1S/C18H17F2N3O2/c19-13-8-12(21)4-5-16(13)25-17-7-11-10-22-23(15(11)9-14(17)20)18-3-1-2-6-24-18/h4-5,7-10,18H,1-3,6,21H2. The van der Waals surface area contributed by atoms with Crippen LogP contribution in [0.5, 0.6) is 11.5 Å². The van der Waals surface area contributed by atoms with Gasteiger partial charge in [-0.2, -0.15) is 5.10 Å². The summed E-state index contributed by atoms with van der Waals surface area (Å²) in [5, 5.41) is 5.01. The number of nitrogen functional groups attached to an aromatic ring is 1. The molecule has 1 aromatic heterocycles. The fourth-order valence-electron chi connectivity index (χ4n) is 2.99. The molecular weight excluding hydrogens is 328 g/mol. The summed E-state index contributed by atoms with van der Waals surface area (Å²) in [7, 11) is 0. The van der Waals surface area contributed by atoms with Crippen molar-refractivity contribution in [2.45, 2.75) is 25.5 Å². The second-order valence-electron chi connectivity index (χ2n) is 6.04. The van der Waals surface area contributed by atoms with Gasteiger partial charge in [0.1, 0.15) is 0 Å². The van der Waals surface area contributed by atoms with Gasteiger partial charge in [-0.15, -0.1) is 0 Å². The number of hydrogen-bond acceptors (Lipinski definition) is 4. The van der Waals surface area contributed by atoms with Crippen molar-refractivity contribution in [3.63, 3.8) is 0 Å². The van der Waals surface area contributed by atoms with Crippen molar-refractivity contribution in [2.24, 2.45) is 0 Å². The Balaban J connectivity index is 1.68. The highest BCUT2D eigenvalue weighted by Crippen LogP contribution is 2.33. The van der Waals surface area contributed by atoms with Crippen LogP contribution in [-0.4, -0.2) is 16.4 Å². The van der Waals surface area contributed by atoms with E-state index < -0.39 is 11.6 Å². The van der Waals surface area contributed by atoms with Gasteiger partial charge < -0.3 is 15.2 Å². The molecule has 0 radical (unpaired) electrons. The molecule has 7 heteroatoms. The van der Waals surface area contributed by atoms with E-state index in [1.54, 1.807) is 10.9 Å². The number of hydrogen-bond donors (Lipinski definition) is 1. The average Bonchev–Trinajstić information content (AvgIpc) is 3.01. The Bertz CT molecular complexity index is 920. The van der Waals surface area contributed by atoms with Gasteiger partial charge in [-0.05, 0) is 37.5 Å². The van der Waals surface area contributed by atoms with E-state index in [1.165, 1.54) is 24.3 Å². The van der Waals surface area contributed by atoms with Crippen LogP contribution in [-0.2, 0) is 4.74 Å². The van der Waals surface area contributed by atoms with Gasteiger partial charge in [0.25, 0.3) is 0 Å². The molecule has 0 amide bonds. The van der Waals surface area contributed by atoms with Gasteiger partial charge in [-0.25, -0.2) is 13.5 Å². The molecule has 4 rings (SSSR count). The zero-order chi connectivity index (χ0) is 17.4. The maximum absolute atomic E-state index is 14.5. The summed E-state index contributed by atoms with van der Waals surface area (Å²) in [6.45, 7) is 0.673. The minimum Gasteiger partial charge on any atom is -0.451 e. The molecule has 1 aliphatic rings. The van der Waals surface area contributed by atoms with Crippen LogP contribution in [0, 0.1) is 11.6 Å². The smallest absolute Gasteiger partial charge is 0.167 e. The first-order chi connectivity index (χ1) is 12.1. The summed E-state index contributed by atoms with van der Waals surface area (Å²) in [5.41, 5.74) is 6.40. The third-order valence-electron chi connectivity index (χ3n) is 4.25. The first kappa shape index (κ1) is 15.8. The second-order valence-corrected chi connectivity index (χ2v) is 6.04. The van der Waals surface area contributed by atoms with Gasteiger partial charge in [0.05, 0.1) is 11.7 Å². The zero-order valence-electron chi connectivity index (χ0n) is 13.4. The lowest BCUT2D eigenvalue weighted by atomic mass is 10.2. The molecule has 0 spiro atoms. The summed E-state index contributed by atoms with van der Waals surface area (Å²) in [6, 6.07) is 6.84. The number of anilines is 1. The molecular formula is C18H17F2N3O2. The molecule has 1 aliphatic heterocycles. The lowest BCUT2D eigenvalue weighted by molar-refractivity contribution is -0.0366. The van der Waals surface area contributed by atoms with Gasteiger partial charge in [-0.1, -0.05) is 0 Å². The summed E-state index contributed by atoms with van der Waals surface area (Å²) in [4.78, 5) is 0. The summed E-state index contributed by atoms with van der Waals surface area (Å²) >= 11 is 0. The number of rotatable bonds is 3. The number of aromatic nitrogens is 2. The second kappa shape index (κ2) is 6.33. The van der Waals surface area contributed by atoms with E-state index in [-0.39, 0.29) is 23.4 Å². The van der Waals surface area contributed by atoms with Gasteiger partial charge in [0.2, 0.25) is 0 Å². The van der Waals surface area contributed by atoms with Crippen LogP contribution in [0.15, 0.2) is 36.5 Å². The number of benzene rings is 2. The Morgan fingerprint density at radius 3 is 2.72 bits per heavy atom. The Hall–Kier alpha value is -2.67. The molecule has 25 heavy (non-hydrogen) atoms. The van der Waals surface area contributed by atoms with Crippen LogP contribution < -0.4 is 10.5 Å². The number of nitrogens with two attached hydrogens (primary N) is 1. The highest BCUT2D eigenvalue weighted by Gasteiger charge is 2.20. The van der Waals surface area contributed by atoms with E-state index in [1.807, 2.05) is 0 Å². The van der Waals surface area contributed by atoms with Crippen LogP contribution >= 0.6 is 0 Å². The van der Waals surface area contributed by atoms with E-state index in [4.69, 9.17) is 15.2 Å². The normalized spacial score (nSPS) is 17.8. The quantitative estimate of drug-likeness (QED) is 0.715. The fraction of sp³-hybridized carbons (Fsp3) is 0.278. The lowest BCUT2D eigenvalue weighted by Crippen LogP contribution is -2.18. The monoisotopic (exact) mass is 345 g/mol. The first-order valence-electron chi connectivity index (χ1n) is 8.13. The first-order valence-corrected chi connectivity index (χ1v) is 8.13. The van der Waals surface area contributed by atoms with E-state index in [2.05, 4.69) is 5.10 Å². The van der Waals surface area contributed by atoms with E-state index in [9.17, 15) is 8.78 Å². The van der Waals surface area contributed by atoms with Gasteiger partial charge >= 0.3 is 0 Å². The average molecular weight is 345 g/mol. The largest absolute Gasteiger partial charge is 0.451 e. The van der Waals surface area contributed by atoms with Crippen molar-refractivity contribution in [1.82, 2.24) is 9.78 Å². The maximum Gasteiger partial charge on any atom is 0.167 e. The van der Waals surface area contributed by atoms with Crippen molar-refractivity contribution in [3.05, 3.63) is 48.2 Å². The summed E-state index contributed by atoms with van der Waals surface area (Å²) in [5.74, 6) is -1.40. The molecule has 2 N–H and O–H groups in total. The van der Waals surface area contributed by atoms with Crippen molar-refractivity contribution >= 4 is 16.6 Å². The van der Waals surface area contributed by atoms with Gasteiger partial charge in [-0.3, -0.25) is 0 Å². The van der Waals surface area contributed by atoms with Crippen molar-refractivity contribution in [2.75, 3.05) is 12.3 Å². The van der Waals surface area contributed by atoms with Crippen molar-refractivity contribution in [3.8, 4) is 11.5 Å². The predicted molar refractivity (Wildman–Crippen MR) is 89.4 cm³/mol. The molecule has 1 saturated heterocycles. The number of halogens is 2. The molecule has 3 aromatic rings. The lowest BCUT2D eigenvalue weighted by Gasteiger charge is -2.23. The Labute approximate surface area is 142 Å².